The molecule has 2 rings (SSSR count). The third-order valence-corrected chi connectivity index (χ3v) is 3.99. The number of phenols is 1. The summed E-state index contributed by atoms with van der Waals surface area (Å²) in [5.74, 6) is 0.884. The van der Waals surface area contributed by atoms with Gasteiger partial charge in [-0.25, -0.2) is 0 Å². The first kappa shape index (κ1) is 11.7. The van der Waals surface area contributed by atoms with Crippen LogP contribution in [0.1, 0.15) is 25.3 Å². The summed E-state index contributed by atoms with van der Waals surface area (Å²) in [5.41, 5.74) is 6.93. The van der Waals surface area contributed by atoms with Gasteiger partial charge in [0.05, 0.1) is 7.11 Å². The minimum atomic E-state index is 0.0449. The average Bonchev–Trinajstić information content (AvgIpc) is 2.70. The van der Waals surface area contributed by atoms with E-state index in [1.165, 1.54) is 0 Å². The highest BCUT2D eigenvalue weighted by atomic mass is 79.9. The zero-order valence-corrected chi connectivity index (χ0v) is 11.2. The lowest BCUT2D eigenvalue weighted by Crippen LogP contribution is -2.06. The molecule has 0 amide bonds. The van der Waals surface area contributed by atoms with Crippen molar-refractivity contribution in [3.05, 3.63) is 22.2 Å². The van der Waals surface area contributed by atoms with Crippen LogP contribution in [0.4, 0.5) is 0 Å². The number of benzene rings is 1. The van der Waals surface area contributed by atoms with Gasteiger partial charge in [-0.15, -0.1) is 0 Å². The maximum atomic E-state index is 10.1. The molecule has 16 heavy (non-hydrogen) atoms. The smallest absolute Gasteiger partial charge is 0.161 e. The number of phenolic OH excluding ortho intramolecular Hbond substituents is 1. The highest BCUT2D eigenvalue weighted by Crippen LogP contribution is 2.60. The fourth-order valence-electron chi connectivity index (χ4n) is 2.26. The molecule has 0 saturated heterocycles. The van der Waals surface area contributed by atoms with Crippen molar-refractivity contribution < 1.29 is 9.84 Å². The molecule has 0 aliphatic heterocycles. The Kier molecular flexibility index (Phi) is 2.67. The number of hydrogen-bond acceptors (Lipinski definition) is 3. The van der Waals surface area contributed by atoms with Gasteiger partial charge in [0.1, 0.15) is 0 Å². The van der Waals surface area contributed by atoms with Crippen LogP contribution in [0.3, 0.4) is 0 Å². The van der Waals surface area contributed by atoms with Crippen LogP contribution < -0.4 is 10.5 Å². The number of aromatic hydroxyl groups is 1. The lowest BCUT2D eigenvalue weighted by atomic mass is 10.0. The minimum Gasteiger partial charge on any atom is -0.504 e. The lowest BCUT2D eigenvalue weighted by Gasteiger charge is -2.10. The number of rotatable bonds is 2. The molecule has 1 aliphatic carbocycles. The zero-order valence-electron chi connectivity index (χ0n) is 9.62. The first-order chi connectivity index (χ1) is 7.39. The third kappa shape index (κ3) is 1.60. The second kappa shape index (κ2) is 3.64. The number of nitrogens with two attached hydrogens (primary N) is 1. The molecular weight excluding hydrogens is 270 g/mol. The fourth-order valence-corrected chi connectivity index (χ4v) is 2.71. The quantitative estimate of drug-likeness (QED) is 0.878. The Balaban J connectivity index is 2.47. The molecule has 1 aromatic rings. The van der Waals surface area contributed by atoms with Gasteiger partial charge in [0.25, 0.3) is 0 Å². The lowest BCUT2D eigenvalue weighted by molar-refractivity contribution is 0.369. The molecule has 1 saturated carbocycles. The van der Waals surface area contributed by atoms with Crippen LogP contribution in [-0.2, 0) is 0 Å². The number of ether oxygens (including phenoxy) is 1. The molecule has 0 bridgehead atoms. The predicted octanol–water partition coefficient (Wildman–Crippen LogP) is 2.61. The van der Waals surface area contributed by atoms with Gasteiger partial charge >= 0.3 is 0 Å². The van der Waals surface area contributed by atoms with Gasteiger partial charge in [-0.1, -0.05) is 29.8 Å². The summed E-state index contributed by atoms with van der Waals surface area (Å²) in [6.45, 7) is 4.21. The van der Waals surface area contributed by atoms with E-state index in [-0.39, 0.29) is 23.1 Å². The van der Waals surface area contributed by atoms with E-state index in [2.05, 4.69) is 29.8 Å². The van der Waals surface area contributed by atoms with Gasteiger partial charge in [-0.2, -0.15) is 0 Å². The molecule has 3 nitrogen and oxygen atoms in total. The topological polar surface area (TPSA) is 55.5 Å². The standard InChI is InChI=1S/C12H16BrNO2/c1-12(2)9(11(12)14)7-4-6(13)5-8(16-3)10(7)15/h4-5,9,11,15H,14H2,1-3H3/t9-,11-/m0/s1. The second-order valence-electron chi connectivity index (χ2n) is 4.87. The summed E-state index contributed by atoms with van der Waals surface area (Å²) in [5, 5.41) is 10.1. The van der Waals surface area contributed by atoms with Crippen molar-refractivity contribution >= 4 is 15.9 Å². The molecule has 1 aromatic carbocycles. The maximum absolute atomic E-state index is 10.1. The van der Waals surface area contributed by atoms with E-state index >= 15 is 0 Å². The fraction of sp³-hybridized carbons (Fsp3) is 0.500. The molecule has 1 aliphatic rings. The highest BCUT2D eigenvalue weighted by Gasteiger charge is 2.57. The van der Waals surface area contributed by atoms with Crippen molar-refractivity contribution in [2.75, 3.05) is 7.11 Å². The van der Waals surface area contributed by atoms with Crippen molar-refractivity contribution in [2.24, 2.45) is 11.1 Å². The summed E-state index contributed by atoms with van der Waals surface area (Å²) >= 11 is 3.41. The van der Waals surface area contributed by atoms with E-state index in [4.69, 9.17) is 10.5 Å². The molecule has 0 aromatic heterocycles. The summed E-state index contributed by atoms with van der Waals surface area (Å²) < 4.78 is 6.02. The highest BCUT2D eigenvalue weighted by molar-refractivity contribution is 9.10. The Morgan fingerprint density at radius 1 is 1.44 bits per heavy atom. The molecule has 88 valence electrons. The minimum absolute atomic E-state index is 0.0449. The molecule has 1 fully saturated rings. The summed E-state index contributed by atoms with van der Waals surface area (Å²) in [4.78, 5) is 0. The molecule has 0 radical (unpaired) electrons. The van der Waals surface area contributed by atoms with E-state index < -0.39 is 0 Å². The van der Waals surface area contributed by atoms with Crippen molar-refractivity contribution in [1.29, 1.82) is 0 Å². The van der Waals surface area contributed by atoms with Crippen LogP contribution in [0, 0.1) is 5.41 Å². The molecule has 3 N–H and O–H groups in total. The van der Waals surface area contributed by atoms with Crippen molar-refractivity contribution in [3.63, 3.8) is 0 Å². The number of halogens is 1. The Morgan fingerprint density at radius 2 is 2.00 bits per heavy atom. The monoisotopic (exact) mass is 285 g/mol. The average molecular weight is 286 g/mol. The van der Waals surface area contributed by atoms with Crippen LogP contribution in [0.2, 0.25) is 0 Å². The number of methoxy groups -OCH3 is 1. The van der Waals surface area contributed by atoms with Crippen LogP contribution in [0.15, 0.2) is 16.6 Å². The van der Waals surface area contributed by atoms with Gasteiger partial charge in [0.2, 0.25) is 0 Å². The van der Waals surface area contributed by atoms with Crippen molar-refractivity contribution in [2.45, 2.75) is 25.8 Å². The molecule has 2 atom stereocenters. The van der Waals surface area contributed by atoms with Gasteiger partial charge in [-0.3, -0.25) is 0 Å². The van der Waals surface area contributed by atoms with Gasteiger partial charge in [0, 0.05) is 22.0 Å². The molecule has 0 unspecified atom stereocenters. The van der Waals surface area contributed by atoms with Crippen molar-refractivity contribution in [3.8, 4) is 11.5 Å². The summed E-state index contributed by atoms with van der Waals surface area (Å²) in [7, 11) is 1.54. The van der Waals surface area contributed by atoms with E-state index in [1.54, 1.807) is 13.2 Å². The Hall–Kier alpha value is -0.740. The van der Waals surface area contributed by atoms with Gasteiger partial charge in [-0.05, 0) is 17.5 Å². The third-order valence-electron chi connectivity index (χ3n) is 3.53. The number of hydrogen-bond donors (Lipinski definition) is 2. The summed E-state index contributed by atoms with van der Waals surface area (Å²) in [6.07, 6.45) is 0. The van der Waals surface area contributed by atoms with Crippen LogP contribution in [0.25, 0.3) is 0 Å². The molecule has 4 heteroatoms. The van der Waals surface area contributed by atoms with E-state index in [9.17, 15) is 5.11 Å². The maximum Gasteiger partial charge on any atom is 0.161 e. The second-order valence-corrected chi connectivity index (χ2v) is 5.79. The first-order valence-electron chi connectivity index (χ1n) is 5.21. The largest absolute Gasteiger partial charge is 0.504 e. The van der Waals surface area contributed by atoms with Crippen molar-refractivity contribution in [1.82, 2.24) is 0 Å². The van der Waals surface area contributed by atoms with Crippen LogP contribution >= 0.6 is 15.9 Å². The Bertz CT molecular complexity index is 431. The Morgan fingerprint density at radius 3 is 2.44 bits per heavy atom. The zero-order chi connectivity index (χ0) is 12.1. The van der Waals surface area contributed by atoms with E-state index in [0.29, 0.717) is 5.75 Å². The Labute approximate surface area is 104 Å². The van der Waals surface area contributed by atoms with E-state index in [0.717, 1.165) is 10.0 Å². The van der Waals surface area contributed by atoms with Gasteiger partial charge < -0.3 is 15.6 Å². The molecule has 0 heterocycles. The van der Waals surface area contributed by atoms with Gasteiger partial charge in [0.15, 0.2) is 11.5 Å². The van der Waals surface area contributed by atoms with Crippen LogP contribution in [-0.4, -0.2) is 18.3 Å². The molecule has 0 spiro atoms. The summed E-state index contributed by atoms with van der Waals surface area (Å²) in [6, 6.07) is 3.76. The first-order valence-corrected chi connectivity index (χ1v) is 6.01. The predicted molar refractivity (Wildman–Crippen MR) is 66.9 cm³/mol. The van der Waals surface area contributed by atoms with Crippen LogP contribution in [0.5, 0.6) is 11.5 Å². The SMILES string of the molecule is COc1cc(Br)cc([C@H]2[C@H](N)C2(C)C)c1O. The normalized spacial score (nSPS) is 26.6. The molecular formula is C12H16BrNO2. The van der Waals surface area contributed by atoms with E-state index in [1.807, 2.05) is 6.07 Å².